The fourth-order valence-electron chi connectivity index (χ4n) is 2.45. The predicted octanol–water partition coefficient (Wildman–Crippen LogP) is 3.06. The Balaban J connectivity index is 1.64. The van der Waals surface area contributed by atoms with Crippen LogP contribution in [0.4, 0.5) is 0 Å². The molecule has 0 aliphatic heterocycles. The molecule has 0 bridgehead atoms. The highest BCUT2D eigenvalue weighted by molar-refractivity contribution is 5.73. The Kier molecular flexibility index (Phi) is 4.78. The molecule has 0 saturated heterocycles. The van der Waals surface area contributed by atoms with Crippen molar-refractivity contribution in [2.45, 2.75) is 20.0 Å². The highest BCUT2D eigenvalue weighted by Crippen LogP contribution is 2.12. The lowest BCUT2D eigenvalue weighted by molar-refractivity contribution is 0.311. The highest BCUT2D eigenvalue weighted by Gasteiger charge is 2.05. The molecule has 0 unspecified atom stereocenters. The number of benzene rings is 1. The average molecular weight is 308 g/mol. The second-order valence-electron chi connectivity index (χ2n) is 5.46. The Morgan fingerprint density at radius 1 is 0.957 bits per heavy atom. The summed E-state index contributed by atoms with van der Waals surface area (Å²) in [6.07, 6.45) is 3.70. The summed E-state index contributed by atoms with van der Waals surface area (Å²) in [6.45, 7) is 4.12. The van der Waals surface area contributed by atoms with Gasteiger partial charge in [-0.1, -0.05) is 18.2 Å². The van der Waals surface area contributed by atoms with Gasteiger partial charge in [-0.3, -0.25) is 9.88 Å². The third-order valence-electron chi connectivity index (χ3n) is 3.47. The molecule has 0 radical (unpaired) electrons. The van der Waals surface area contributed by atoms with Gasteiger partial charge in [0.05, 0.1) is 29.5 Å². The van der Waals surface area contributed by atoms with E-state index >= 15 is 0 Å². The van der Waals surface area contributed by atoms with E-state index in [0.717, 1.165) is 35.4 Å². The van der Waals surface area contributed by atoms with Crippen LogP contribution in [0.25, 0.3) is 11.0 Å². The van der Waals surface area contributed by atoms with E-state index in [4.69, 9.17) is 4.74 Å². The monoisotopic (exact) mass is 308 g/mol. The van der Waals surface area contributed by atoms with Crippen LogP contribution in [-0.2, 0) is 13.1 Å². The molecule has 3 aromatic rings. The molecule has 2 heterocycles. The molecule has 5 heteroatoms. The predicted molar refractivity (Wildman–Crippen MR) is 90.1 cm³/mol. The fourth-order valence-corrected chi connectivity index (χ4v) is 2.45. The van der Waals surface area contributed by atoms with Crippen LogP contribution in [0.5, 0.6) is 5.88 Å². The van der Waals surface area contributed by atoms with Crippen LogP contribution < -0.4 is 4.74 Å². The van der Waals surface area contributed by atoms with Gasteiger partial charge in [-0.2, -0.15) is 0 Å². The van der Waals surface area contributed by atoms with E-state index in [2.05, 4.69) is 26.9 Å². The number of nitrogens with zero attached hydrogens (tertiary/aromatic N) is 4. The van der Waals surface area contributed by atoms with Crippen LogP contribution in [0.1, 0.15) is 18.2 Å². The number of rotatable bonds is 6. The molecule has 118 valence electrons. The molecular weight excluding hydrogens is 288 g/mol. The third-order valence-corrected chi connectivity index (χ3v) is 3.47. The van der Waals surface area contributed by atoms with Gasteiger partial charge in [-0.15, -0.1) is 0 Å². The lowest BCUT2D eigenvalue weighted by Crippen LogP contribution is -2.18. The third kappa shape index (κ3) is 4.02. The topological polar surface area (TPSA) is 51.1 Å². The SMILES string of the molecule is CCOc1ccc(CN(C)Cc2cnc3ccccc3n2)cn1. The van der Waals surface area contributed by atoms with Crippen molar-refractivity contribution in [3.05, 3.63) is 60.0 Å². The van der Waals surface area contributed by atoms with E-state index in [1.165, 1.54) is 0 Å². The largest absolute Gasteiger partial charge is 0.478 e. The lowest BCUT2D eigenvalue weighted by Gasteiger charge is -2.16. The van der Waals surface area contributed by atoms with Gasteiger partial charge in [0.15, 0.2) is 0 Å². The Morgan fingerprint density at radius 3 is 2.52 bits per heavy atom. The first-order chi connectivity index (χ1) is 11.2. The molecule has 0 aliphatic carbocycles. The molecule has 0 fully saturated rings. The van der Waals surface area contributed by atoms with E-state index < -0.39 is 0 Å². The van der Waals surface area contributed by atoms with Crippen molar-refractivity contribution >= 4 is 11.0 Å². The maximum Gasteiger partial charge on any atom is 0.213 e. The summed E-state index contributed by atoms with van der Waals surface area (Å²) in [7, 11) is 2.06. The number of ether oxygens (including phenoxy) is 1. The second kappa shape index (κ2) is 7.15. The van der Waals surface area contributed by atoms with E-state index in [-0.39, 0.29) is 0 Å². The summed E-state index contributed by atoms with van der Waals surface area (Å²) in [5, 5.41) is 0. The van der Waals surface area contributed by atoms with Crippen molar-refractivity contribution in [2.75, 3.05) is 13.7 Å². The van der Waals surface area contributed by atoms with Gasteiger partial charge >= 0.3 is 0 Å². The minimum Gasteiger partial charge on any atom is -0.478 e. The highest BCUT2D eigenvalue weighted by atomic mass is 16.5. The maximum atomic E-state index is 5.36. The van der Waals surface area contributed by atoms with Gasteiger partial charge in [0, 0.05) is 25.4 Å². The zero-order chi connectivity index (χ0) is 16.1. The summed E-state index contributed by atoms with van der Waals surface area (Å²) in [6, 6.07) is 11.9. The van der Waals surface area contributed by atoms with Crippen molar-refractivity contribution in [3.63, 3.8) is 0 Å². The van der Waals surface area contributed by atoms with Crippen LogP contribution in [0, 0.1) is 0 Å². The molecule has 5 nitrogen and oxygen atoms in total. The number of hydrogen-bond donors (Lipinski definition) is 0. The zero-order valence-corrected chi connectivity index (χ0v) is 13.4. The average Bonchev–Trinajstić information content (AvgIpc) is 2.57. The molecule has 23 heavy (non-hydrogen) atoms. The van der Waals surface area contributed by atoms with Crippen LogP contribution in [0.2, 0.25) is 0 Å². The van der Waals surface area contributed by atoms with Crippen molar-refractivity contribution in [3.8, 4) is 5.88 Å². The molecule has 0 N–H and O–H groups in total. The fraction of sp³-hybridized carbons (Fsp3) is 0.278. The Labute approximate surface area is 136 Å². The summed E-state index contributed by atoms with van der Waals surface area (Å²) in [5.41, 5.74) is 3.96. The first kappa shape index (κ1) is 15.4. The molecular formula is C18H20N4O. The van der Waals surface area contributed by atoms with Crippen LogP contribution in [0.3, 0.4) is 0 Å². The molecule has 0 saturated carbocycles. The van der Waals surface area contributed by atoms with E-state index in [0.29, 0.717) is 12.5 Å². The number of aromatic nitrogens is 3. The Morgan fingerprint density at radius 2 is 1.78 bits per heavy atom. The van der Waals surface area contributed by atoms with Crippen molar-refractivity contribution in [1.29, 1.82) is 0 Å². The second-order valence-corrected chi connectivity index (χ2v) is 5.46. The van der Waals surface area contributed by atoms with Gasteiger partial charge in [-0.05, 0) is 31.7 Å². The van der Waals surface area contributed by atoms with Crippen molar-refractivity contribution in [1.82, 2.24) is 19.9 Å². The zero-order valence-electron chi connectivity index (χ0n) is 13.4. The minimum absolute atomic E-state index is 0.632. The summed E-state index contributed by atoms with van der Waals surface area (Å²) in [5.74, 6) is 0.666. The lowest BCUT2D eigenvalue weighted by atomic mass is 10.2. The molecule has 0 atom stereocenters. The first-order valence-corrected chi connectivity index (χ1v) is 7.71. The Hall–Kier alpha value is -2.53. The maximum absolute atomic E-state index is 5.36. The molecule has 0 spiro atoms. The smallest absolute Gasteiger partial charge is 0.213 e. The number of hydrogen-bond acceptors (Lipinski definition) is 5. The molecule has 0 amide bonds. The Bertz CT molecular complexity index is 773. The first-order valence-electron chi connectivity index (χ1n) is 7.71. The summed E-state index contributed by atoms with van der Waals surface area (Å²) in [4.78, 5) is 15.6. The normalized spacial score (nSPS) is 11.1. The van der Waals surface area contributed by atoms with Gasteiger partial charge in [-0.25, -0.2) is 9.97 Å². The van der Waals surface area contributed by atoms with E-state index in [1.54, 1.807) is 0 Å². The van der Waals surface area contributed by atoms with Crippen LogP contribution in [0.15, 0.2) is 48.8 Å². The van der Waals surface area contributed by atoms with Crippen molar-refractivity contribution in [2.24, 2.45) is 0 Å². The van der Waals surface area contributed by atoms with Gasteiger partial charge in [0.2, 0.25) is 5.88 Å². The van der Waals surface area contributed by atoms with Gasteiger partial charge < -0.3 is 4.74 Å². The summed E-state index contributed by atoms with van der Waals surface area (Å²) >= 11 is 0. The van der Waals surface area contributed by atoms with E-state index in [1.807, 2.05) is 55.7 Å². The molecule has 0 aliphatic rings. The number of para-hydroxylation sites is 2. The molecule has 3 rings (SSSR count). The number of fused-ring (bicyclic) bond motifs is 1. The standard InChI is InChI=1S/C18H20N4O/c1-3-23-18-9-8-14(10-20-18)12-22(2)13-15-11-19-16-6-4-5-7-17(16)21-15/h4-11H,3,12-13H2,1-2H3. The molecule has 2 aromatic heterocycles. The van der Waals surface area contributed by atoms with Crippen LogP contribution in [-0.4, -0.2) is 33.5 Å². The quantitative estimate of drug-likeness (QED) is 0.700. The van der Waals surface area contributed by atoms with Gasteiger partial charge in [0.1, 0.15) is 0 Å². The number of pyridine rings is 1. The van der Waals surface area contributed by atoms with Crippen LogP contribution >= 0.6 is 0 Å². The molecule has 1 aromatic carbocycles. The van der Waals surface area contributed by atoms with Gasteiger partial charge in [0.25, 0.3) is 0 Å². The minimum atomic E-state index is 0.632. The van der Waals surface area contributed by atoms with Crippen molar-refractivity contribution < 1.29 is 4.74 Å². The van der Waals surface area contributed by atoms with E-state index in [9.17, 15) is 0 Å². The summed E-state index contributed by atoms with van der Waals surface area (Å²) < 4.78 is 5.36.